The highest BCUT2D eigenvalue weighted by molar-refractivity contribution is 9.10. The van der Waals surface area contributed by atoms with Crippen LogP contribution in [-0.2, 0) is 6.54 Å². The predicted octanol–water partition coefficient (Wildman–Crippen LogP) is 3.60. The zero-order chi connectivity index (χ0) is 13.0. The molecule has 2 rings (SSSR count). The minimum Gasteiger partial charge on any atom is -0.481 e. The fourth-order valence-electron chi connectivity index (χ4n) is 1.47. The largest absolute Gasteiger partial charge is 0.481 e. The molecule has 0 atom stereocenters. The Labute approximate surface area is 113 Å². The van der Waals surface area contributed by atoms with E-state index in [1.165, 1.54) is 6.07 Å². The van der Waals surface area contributed by atoms with E-state index in [0.717, 1.165) is 10.0 Å². The van der Waals surface area contributed by atoms with Gasteiger partial charge in [-0.3, -0.25) is 0 Å². The Morgan fingerprint density at radius 3 is 2.83 bits per heavy atom. The number of ether oxygens (including phenoxy) is 1. The molecule has 0 amide bonds. The molecule has 0 aliphatic heterocycles. The number of anilines is 1. The first-order valence-electron chi connectivity index (χ1n) is 5.37. The van der Waals surface area contributed by atoms with Crippen molar-refractivity contribution >= 4 is 21.6 Å². The smallest absolute Gasteiger partial charge is 0.212 e. The van der Waals surface area contributed by atoms with Crippen molar-refractivity contribution in [1.82, 2.24) is 4.98 Å². The molecule has 1 heterocycles. The molecule has 94 valence electrons. The SMILES string of the molecule is COc1ccc(CNc2cc(Br)ccc2F)cn1. The summed E-state index contributed by atoms with van der Waals surface area (Å²) in [4.78, 5) is 4.08. The topological polar surface area (TPSA) is 34.1 Å². The number of aromatic nitrogens is 1. The van der Waals surface area contributed by atoms with Crippen molar-refractivity contribution < 1.29 is 9.13 Å². The molecule has 3 nitrogen and oxygen atoms in total. The van der Waals surface area contributed by atoms with Crippen molar-refractivity contribution in [3.8, 4) is 5.88 Å². The number of pyridine rings is 1. The molecule has 0 saturated heterocycles. The highest BCUT2D eigenvalue weighted by atomic mass is 79.9. The molecule has 0 fully saturated rings. The average molecular weight is 311 g/mol. The Kier molecular flexibility index (Phi) is 4.15. The van der Waals surface area contributed by atoms with Gasteiger partial charge in [0.15, 0.2) is 0 Å². The first-order valence-corrected chi connectivity index (χ1v) is 6.16. The summed E-state index contributed by atoms with van der Waals surface area (Å²) in [6, 6.07) is 8.43. The zero-order valence-corrected chi connectivity index (χ0v) is 11.4. The lowest BCUT2D eigenvalue weighted by molar-refractivity contribution is 0.397. The average Bonchev–Trinajstić information content (AvgIpc) is 2.40. The molecule has 18 heavy (non-hydrogen) atoms. The Balaban J connectivity index is 2.04. The number of rotatable bonds is 4. The van der Waals surface area contributed by atoms with Crippen LogP contribution in [0.25, 0.3) is 0 Å². The maximum atomic E-state index is 13.5. The first-order chi connectivity index (χ1) is 8.69. The van der Waals surface area contributed by atoms with Crippen LogP contribution in [0, 0.1) is 5.82 Å². The second kappa shape index (κ2) is 5.82. The van der Waals surface area contributed by atoms with Crippen molar-refractivity contribution in [3.63, 3.8) is 0 Å². The minimum absolute atomic E-state index is 0.278. The van der Waals surface area contributed by atoms with Gasteiger partial charge in [-0.05, 0) is 23.8 Å². The lowest BCUT2D eigenvalue weighted by Gasteiger charge is -2.08. The summed E-state index contributed by atoms with van der Waals surface area (Å²) < 4.78 is 19.3. The Morgan fingerprint density at radius 1 is 1.33 bits per heavy atom. The van der Waals surface area contributed by atoms with E-state index < -0.39 is 0 Å². The van der Waals surface area contributed by atoms with Crippen molar-refractivity contribution in [2.24, 2.45) is 0 Å². The van der Waals surface area contributed by atoms with E-state index in [1.54, 1.807) is 31.5 Å². The third kappa shape index (κ3) is 3.20. The molecule has 1 aromatic heterocycles. The molecule has 2 aromatic rings. The lowest BCUT2D eigenvalue weighted by Crippen LogP contribution is -2.02. The van der Waals surface area contributed by atoms with Crippen molar-refractivity contribution in [1.29, 1.82) is 0 Å². The van der Waals surface area contributed by atoms with E-state index in [1.807, 2.05) is 6.07 Å². The summed E-state index contributed by atoms with van der Waals surface area (Å²) in [5.74, 6) is 0.284. The molecule has 1 aromatic carbocycles. The second-order valence-electron chi connectivity index (χ2n) is 3.69. The van der Waals surface area contributed by atoms with E-state index in [0.29, 0.717) is 18.1 Å². The van der Waals surface area contributed by atoms with Gasteiger partial charge in [0.1, 0.15) is 5.82 Å². The van der Waals surface area contributed by atoms with Crippen LogP contribution in [0.15, 0.2) is 41.0 Å². The van der Waals surface area contributed by atoms with Gasteiger partial charge in [-0.25, -0.2) is 9.37 Å². The highest BCUT2D eigenvalue weighted by Crippen LogP contribution is 2.20. The third-order valence-electron chi connectivity index (χ3n) is 2.42. The van der Waals surface area contributed by atoms with E-state index >= 15 is 0 Å². The summed E-state index contributed by atoms with van der Waals surface area (Å²) in [6.07, 6.45) is 1.70. The zero-order valence-electron chi connectivity index (χ0n) is 9.78. The van der Waals surface area contributed by atoms with Crippen LogP contribution in [0.1, 0.15) is 5.56 Å². The molecule has 0 bridgehead atoms. The number of benzene rings is 1. The van der Waals surface area contributed by atoms with Gasteiger partial charge in [0, 0.05) is 23.3 Å². The monoisotopic (exact) mass is 310 g/mol. The van der Waals surface area contributed by atoms with Gasteiger partial charge < -0.3 is 10.1 Å². The van der Waals surface area contributed by atoms with E-state index in [-0.39, 0.29) is 5.82 Å². The summed E-state index contributed by atoms with van der Waals surface area (Å²) in [6.45, 7) is 0.504. The lowest BCUT2D eigenvalue weighted by atomic mass is 10.2. The van der Waals surface area contributed by atoms with Gasteiger partial charge in [0.25, 0.3) is 0 Å². The Bertz CT molecular complexity index is 531. The molecular formula is C13H12BrFN2O. The number of hydrogen-bond acceptors (Lipinski definition) is 3. The number of methoxy groups -OCH3 is 1. The molecular weight excluding hydrogens is 299 g/mol. The third-order valence-corrected chi connectivity index (χ3v) is 2.91. The van der Waals surface area contributed by atoms with Crippen molar-refractivity contribution in [3.05, 3.63) is 52.4 Å². The van der Waals surface area contributed by atoms with Crippen LogP contribution in [0.2, 0.25) is 0 Å². The molecule has 0 saturated carbocycles. The normalized spacial score (nSPS) is 10.2. The molecule has 1 N–H and O–H groups in total. The van der Waals surface area contributed by atoms with Crippen LogP contribution >= 0.6 is 15.9 Å². The second-order valence-corrected chi connectivity index (χ2v) is 4.60. The summed E-state index contributed by atoms with van der Waals surface area (Å²) in [7, 11) is 1.57. The standard InChI is InChI=1S/C13H12BrFN2O/c1-18-13-5-2-9(8-17-13)7-16-12-6-10(14)3-4-11(12)15/h2-6,8,16H,7H2,1H3. The van der Waals surface area contributed by atoms with Gasteiger partial charge in [-0.2, -0.15) is 0 Å². The highest BCUT2D eigenvalue weighted by Gasteiger charge is 2.02. The van der Waals surface area contributed by atoms with E-state index in [9.17, 15) is 4.39 Å². The molecule has 0 aliphatic rings. The van der Waals surface area contributed by atoms with Crippen LogP contribution in [0.5, 0.6) is 5.88 Å². The molecule has 0 spiro atoms. The minimum atomic E-state index is -0.278. The van der Waals surface area contributed by atoms with E-state index in [4.69, 9.17) is 4.74 Å². The predicted molar refractivity (Wildman–Crippen MR) is 72.2 cm³/mol. The molecule has 5 heteroatoms. The summed E-state index contributed by atoms with van der Waals surface area (Å²) in [5, 5.41) is 3.02. The maximum Gasteiger partial charge on any atom is 0.212 e. The van der Waals surface area contributed by atoms with Gasteiger partial charge >= 0.3 is 0 Å². The molecule has 0 unspecified atom stereocenters. The fraction of sp³-hybridized carbons (Fsp3) is 0.154. The fourth-order valence-corrected chi connectivity index (χ4v) is 1.83. The van der Waals surface area contributed by atoms with E-state index in [2.05, 4.69) is 26.2 Å². The first kappa shape index (κ1) is 12.8. The maximum absolute atomic E-state index is 13.5. The van der Waals surface area contributed by atoms with Crippen LogP contribution in [0.3, 0.4) is 0 Å². The van der Waals surface area contributed by atoms with Crippen molar-refractivity contribution in [2.75, 3.05) is 12.4 Å². The number of nitrogens with zero attached hydrogens (tertiary/aromatic N) is 1. The quantitative estimate of drug-likeness (QED) is 0.937. The summed E-state index contributed by atoms with van der Waals surface area (Å²) in [5.41, 5.74) is 1.41. The van der Waals surface area contributed by atoms with Crippen LogP contribution < -0.4 is 10.1 Å². The Hall–Kier alpha value is -1.62. The van der Waals surface area contributed by atoms with Crippen LogP contribution in [0.4, 0.5) is 10.1 Å². The molecule has 0 radical (unpaired) electrons. The Morgan fingerprint density at radius 2 is 2.17 bits per heavy atom. The van der Waals surface area contributed by atoms with Gasteiger partial charge in [0.05, 0.1) is 12.8 Å². The number of halogens is 2. The molecule has 0 aliphatic carbocycles. The number of nitrogens with one attached hydrogen (secondary N) is 1. The van der Waals surface area contributed by atoms with Gasteiger partial charge in [0.2, 0.25) is 5.88 Å². The van der Waals surface area contributed by atoms with Gasteiger partial charge in [-0.1, -0.05) is 22.0 Å². The van der Waals surface area contributed by atoms with Crippen LogP contribution in [-0.4, -0.2) is 12.1 Å². The summed E-state index contributed by atoms with van der Waals surface area (Å²) >= 11 is 3.31. The van der Waals surface area contributed by atoms with Crippen molar-refractivity contribution in [2.45, 2.75) is 6.54 Å². The number of hydrogen-bond donors (Lipinski definition) is 1. The van der Waals surface area contributed by atoms with Gasteiger partial charge in [-0.15, -0.1) is 0 Å².